The van der Waals surface area contributed by atoms with Gasteiger partial charge >= 0.3 is 5.97 Å². The average Bonchev–Trinajstić information content (AvgIpc) is 3.03. The van der Waals surface area contributed by atoms with Crippen molar-refractivity contribution in [2.45, 2.75) is 6.42 Å². The number of carboxylic acid groups (broad SMARTS) is 1. The Morgan fingerprint density at radius 1 is 1.03 bits per heavy atom. The lowest BCUT2D eigenvalue weighted by molar-refractivity contribution is 0.0696. The van der Waals surface area contributed by atoms with Crippen LogP contribution in [0.1, 0.15) is 31.8 Å². The van der Waals surface area contributed by atoms with Crippen LogP contribution in [0.15, 0.2) is 76.8 Å². The number of amides is 1. The number of hydrogen-bond acceptors (Lipinski definition) is 6. The number of nitrogens with one attached hydrogen (secondary N) is 1. The van der Waals surface area contributed by atoms with E-state index < -0.39 is 5.97 Å². The molecule has 0 saturated heterocycles. The highest BCUT2D eigenvalue weighted by Gasteiger charge is 2.16. The van der Waals surface area contributed by atoms with Crippen molar-refractivity contribution in [2.75, 3.05) is 0 Å². The second-order valence-electron chi connectivity index (χ2n) is 7.33. The zero-order valence-electron chi connectivity index (χ0n) is 17.7. The fourth-order valence-corrected chi connectivity index (χ4v) is 3.43. The van der Waals surface area contributed by atoms with Crippen molar-refractivity contribution in [1.29, 1.82) is 0 Å². The number of fused-ring (bicyclic) bond motifs is 3. The first-order valence-corrected chi connectivity index (χ1v) is 10.5. The Hall–Kier alpha value is -4.43. The summed E-state index contributed by atoms with van der Waals surface area (Å²) in [7, 11) is 0. The molecule has 1 aromatic carbocycles. The van der Waals surface area contributed by atoms with Gasteiger partial charge in [0.05, 0.1) is 23.5 Å². The lowest BCUT2D eigenvalue weighted by Gasteiger charge is -2.07. The third kappa shape index (κ3) is 5.31. The highest BCUT2D eigenvalue weighted by molar-refractivity contribution is 6.30. The number of halogens is 1. The Morgan fingerprint density at radius 2 is 1.82 bits per heavy atom. The summed E-state index contributed by atoms with van der Waals surface area (Å²) >= 11 is 5.52. The molecular weight excluding hydrogens is 456 g/mol. The highest BCUT2D eigenvalue weighted by Crippen LogP contribution is 2.15. The number of nitrogens with zero attached hydrogens (tertiary/aromatic N) is 2. The molecule has 2 aliphatic carbocycles. The molecule has 0 unspecified atom stereocenters. The fraction of sp³-hybridized carbons (Fsp3) is 0.0400. The molecule has 34 heavy (non-hydrogen) atoms. The van der Waals surface area contributed by atoms with Gasteiger partial charge in [0, 0.05) is 34.0 Å². The number of aromatic nitrogens is 2. The number of carbonyl (C=O) groups is 2. The Morgan fingerprint density at radius 3 is 2.53 bits per heavy atom. The minimum absolute atomic E-state index is 0.243. The minimum atomic E-state index is -0.934. The van der Waals surface area contributed by atoms with Gasteiger partial charge in [-0.1, -0.05) is 17.7 Å². The van der Waals surface area contributed by atoms with Crippen LogP contribution in [0.3, 0.4) is 0 Å². The molecule has 0 fully saturated rings. The van der Waals surface area contributed by atoms with Crippen LogP contribution in [0.2, 0.25) is 5.02 Å². The van der Waals surface area contributed by atoms with Gasteiger partial charge in [0.1, 0.15) is 10.8 Å². The molecule has 2 aromatic heterocycles. The molecule has 0 atom stereocenters. The van der Waals surface area contributed by atoms with Gasteiger partial charge in [-0.25, -0.2) is 4.79 Å². The monoisotopic (exact) mass is 474 g/mol. The molecule has 0 bridgehead atoms. The maximum absolute atomic E-state index is 12.3. The van der Waals surface area contributed by atoms with E-state index in [4.69, 9.17) is 26.9 Å². The first kappa shape index (κ1) is 22.8. The molecule has 4 N–H and O–H groups in total. The summed E-state index contributed by atoms with van der Waals surface area (Å²) < 4.78 is 5.86. The second-order valence-corrected chi connectivity index (χ2v) is 7.77. The third-order valence-corrected chi connectivity index (χ3v) is 5.21. The van der Waals surface area contributed by atoms with Gasteiger partial charge < -0.3 is 20.6 Å². The number of nitrogens with two attached hydrogens (primary N) is 1. The number of aromatic carboxylic acids is 1. The van der Waals surface area contributed by atoms with Crippen LogP contribution in [-0.2, 0) is 6.42 Å². The molecule has 170 valence electrons. The van der Waals surface area contributed by atoms with Crippen LogP contribution < -0.4 is 21.9 Å². The quantitative estimate of drug-likeness (QED) is 0.531. The predicted molar refractivity (Wildman–Crippen MR) is 128 cm³/mol. The smallest absolute Gasteiger partial charge is 0.335 e. The van der Waals surface area contributed by atoms with Gasteiger partial charge in [0.25, 0.3) is 5.91 Å². The van der Waals surface area contributed by atoms with Crippen molar-refractivity contribution in [3.8, 4) is 0 Å². The Labute approximate surface area is 199 Å². The van der Waals surface area contributed by atoms with E-state index in [0.29, 0.717) is 22.7 Å². The molecule has 8 nitrogen and oxygen atoms in total. The Balaban J connectivity index is 0.000000231. The maximum Gasteiger partial charge on any atom is 0.335 e. The van der Waals surface area contributed by atoms with Crippen molar-refractivity contribution in [3.05, 3.63) is 110 Å². The number of hydrogen-bond donors (Lipinski definition) is 3. The molecule has 1 amide bonds. The number of allylic oxidation sites excluding steroid dienone is 4. The van der Waals surface area contributed by atoms with Crippen molar-refractivity contribution in [2.24, 2.45) is 5.73 Å². The number of furan rings is 1. The van der Waals surface area contributed by atoms with E-state index >= 15 is 0 Å². The van der Waals surface area contributed by atoms with Gasteiger partial charge in [-0.3, -0.25) is 4.79 Å². The summed E-state index contributed by atoms with van der Waals surface area (Å²) in [6.07, 6.45) is 14.7. The molecular formula is C25H19ClN4O4. The van der Waals surface area contributed by atoms with Gasteiger partial charge in [-0.15, -0.1) is 0 Å². The topological polar surface area (TPSA) is 131 Å². The number of benzene rings is 1. The van der Waals surface area contributed by atoms with E-state index in [1.54, 1.807) is 18.2 Å². The lowest BCUT2D eigenvalue weighted by atomic mass is 10.0. The van der Waals surface area contributed by atoms with Gasteiger partial charge in [0.15, 0.2) is 0 Å². The van der Waals surface area contributed by atoms with Crippen molar-refractivity contribution < 1.29 is 19.1 Å². The summed E-state index contributed by atoms with van der Waals surface area (Å²) in [6.45, 7) is 0. The third-order valence-electron chi connectivity index (χ3n) is 4.96. The SMILES string of the molecule is NC1=CC=c2oc3c(c2C1)C=C(NC(=O)c1ccnnc1)C=CC=3.O=C(O)c1ccc(Cl)cc1. The number of carboxylic acids is 1. The molecule has 2 heterocycles. The zero-order valence-corrected chi connectivity index (χ0v) is 18.5. The van der Waals surface area contributed by atoms with Crippen LogP contribution in [0, 0.1) is 0 Å². The standard InChI is InChI=1S/C18H14N4O2.C7H5ClO2/c19-12-4-5-17-14(8-12)15-9-13(2-1-3-16(15)24-17)22-18(23)11-6-7-20-21-10-11;8-6-3-1-5(2-4-6)7(9)10/h1-7,9-10H,8,19H2,(H,22,23);1-4H,(H,9,10). The van der Waals surface area contributed by atoms with Crippen LogP contribution >= 0.6 is 11.6 Å². The predicted octanol–water partition coefficient (Wildman–Crippen LogP) is 2.41. The van der Waals surface area contributed by atoms with E-state index in [9.17, 15) is 9.59 Å². The minimum Gasteiger partial charge on any atom is -0.478 e. The molecule has 0 saturated carbocycles. The normalized spacial score (nSPS) is 13.3. The van der Waals surface area contributed by atoms with E-state index in [2.05, 4.69) is 15.5 Å². The van der Waals surface area contributed by atoms with Crippen LogP contribution in [0.4, 0.5) is 0 Å². The van der Waals surface area contributed by atoms with Crippen LogP contribution in [0.25, 0.3) is 18.2 Å². The Kier molecular flexibility index (Phi) is 6.70. The summed E-state index contributed by atoms with van der Waals surface area (Å²) in [4.78, 5) is 22.6. The number of rotatable bonds is 3. The molecule has 3 aromatic rings. The van der Waals surface area contributed by atoms with Crippen molar-refractivity contribution in [1.82, 2.24) is 15.5 Å². The molecule has 0 spiro atoms. The summed E-state index contributed by atoms with van der Waals surface area (Å²) in [5.74, 6) is -1.18. The van der Waals surface area contributed by atoms with Crippen molar-refractivity contribution in [3.63, 3.8) is 0 Å². The fourth-order valence-electron chi connectivity index (χ4n) is 3.30. The summed E-state index contributed by atoms with van der Waals surface area (Å²) in [6, 6.07) is 7.63. The lowest BCUT2D eigenvalue weighted by Crippen LogP contribution is -2.22. The summed E-state index contributed by atoms with van der Waals surface area (Å²) in [5.41, 5.74) is 11.6. The highest BCUT2D eigenvalue weighted by atomic mass is 35.5. The largest absolute Gasteiger partial charge is 0.478 e. The first-order valence-electron chi connectivity index (χ1n) is 10.2. The van der Waals surface area contributed by atoms with Crippen LogP contribution in [0.5, 0.6) is 0 Å². The Bertz CT molecular complexity index is 1450. The maximum atomic E-state index is 12.3. The van der Waals surface area contributed by atoms with Gasteiger partial charge in [0.2, 0.25) is 0 Å². The average molecular weight is 475 g/mol. The summed E-state index contributed by atoms with van der Waals surface area (Å²) in [5, 5.41) is 19.2. The zero-order chi connectivity index (χ0) is 24.1. The van der Waals surface area contributed by atoms with Crippen LogP contribution in [-0.4, -0.2) is 27.2 Å². The van der Waals surface area contributed by atoms with E-state index in [1.807, 2.05) is 36.5 Å². The van der Waals surface area contributed by atoms with Gasteiger partial charge in [-0.2, -0.15) is 10.2 Å². The van der Waals surface area contributed by atoms with Gasteiger partial charge in [-0.05, 0) is 60.7 Å². The van der Waals surface area contributed by atoms with Crippen molar-refractivity contribution >= 4 is 41.7 Å². The second kappa shape index (κ2) is 10.0. The van der Waals surface area contributed by atoms with E-state index in [0.717, 1.165) is 27.7 Å². The van der Waals surface area contributed by atoms with E-state index in [-0.39, 0.29) is 11.5 Å². The molecule has 2 aliphatic rings. The molecule has 5 rings (SSSR count). The molecule has 9 heteroatoms. The molecule has 0 aliphatic heterocycles. The molecule has 0 radical (unpaired) electrons. The number of carbonyl (C=O) groups excluding carboxylic acids is 1. The van der Waals surface area contributed by atoms with E-state index in [1.165, 1.54) is 24.5 Å². The first-order chi connectivity index (χ1) is 16.4.